The molecule has 0 aromatic heterocycles. The van der Waals surface area contributed by atoms with Crippen molar-refractivity contribution in [1.82, 2.24) is 5.32 Å². The summed E-state index contributed by atoms with van der Waals surface area (Å²) < 4.78 is 12.0. The zero-order chi connectivity index (χ0) is 11.7. The van der Waals surface area contributed by atoms with Crippen LogP contribution in [-0.2, 0) is 15.6 Å². The van der Waals surface area contributed by atoms with Crippen molar-refractivity contribution < 1.29 is 14.1 Å². The number of carboxylic acids is 1. The SMILES string of the molecule is CCC1CCC2NC(C(=O)O)CS(=O)C2C1. The Labute approximate surface area is 98.3 Å². The van der Waals surface area contributed by atoms with E-state index in [1.54, 1.807) is 0 Å². The van der Waals surface area contributed by atoms with E-state index in [0.29, 0.717) is 5.92 Å². The van der Waals surface area contributed by atoms with E-state index in [1.807, 2.05) is 0 Å². The van der Waals surface area contributed by atoms with Gasteiger partial charge in [-0.05, 0) is 25.2 Å². The molecule has 16 heavy (non-hydrogen) atoms. The lowest BCUT2D eigenvalue weighted by atomic mass is 9.83. The van der Waals surface area contributed by atoms with E-state index in [0.717, 1.165) is 25.7 Å². The summed E-state index contributed by atoms with van der Waals surface area (Å²) in [6.07, 6.45) is 4.24. The summed E-state index contributed by atoms with van der Waals surface area (Å²) in [7, 11) is -0.973. The van der Waals surface area contributed by atoms with Gasteiger partial charge in [-0.15, -0.1) is 0 Å². The molecule has 2 rings (SSSR count). The minimum absolute atomic E-state index is 0.151. The molecular weight excluding hydrogens is 226 g/mol. The zero-order valence-corrected chi connectivity index (χ0v) is 10.3. The molecule has 1 aliphatic heterocycles. The predicted molar refractivity (Wildman–Crippen MR) is 62.8 cm³/mol. The summed E-state index contributed by atoms with van der Waals surface area (Å²) in [5.41, 5.74) is 0. The van der Waals surface area contributed by atoms with Crippen molar-refractivity contribution in [2.24, 2.45) is 5.92 Å². The number of fused-ring (bicyclic) bond motifs is 1. The molecule has 4 nitrogen and oxygen atoms in total. The third kappa shape index (κ3) is 2.30. The van der Waals surface area contributed by atoms with Crippen molar-refractivity contribution in [2.45, 2.75) is 49.9 Å². The molecule has 1 aliphatic carbocycles. The molecule has 1 saturated heterocycles. The fourth-order valence-corrected chi connectivity index (χ4v) is 4.68. The minimum atomic E-state index is -0.973. The van der Waals surface area contributed by atoms with E-state index in [2.05, 4.69) is 12.2 Å². The lowest BCUT2D eigenvalue weighted by Gasteiger charge is -2.41. The zero-order valence-electron chi connectivity index (χ0n) is 9.52. The molecule has 0 aromatic rings. The second kappa shape index (κ2) is 4.84. The first-order chi connectivity index (χ1) is 7.61. The third-order valence-electron chi connectivity index (χ3n) is 3.86. The van der Waals surface area contributed by atoms with Crippen molar-refractivity contribution in [3.8, 4) is 0 Å². The van der Waals surface area contributed by atoms with Crippen LogP contribution < -0.4 is 5.32 Å². The molecule has 5 unspecified atom stereocenters. The molecule has 5 atom stereocenters. The van der Waals surface area contributed by atoms with E-state index >= 15 is 0 Å². The van der Waals surface area contributed by atoms with Crippen molar-refractivity contribution in [1.29, 1.82) is 0 Å². The van der Waals surface area contributed by atoms with E-state index in [9.17, 15) is 9.00 Å². The van der Waals surface area contributed by atoms with Crippen LogP contribution in [0, 0.1) is 5.92 Å². The van der Waals surface area contributed by atoms with Gasteiger partial charge in [0.2, 0.25) is 0 Å². The van der Waals surface area contributed by atoms with Crippen molar-refractivity contribution >= 4 is 16.8 Å². The molecule has 1 saturated carbocycles. The number of nitrogens with one attached hydrogen (secondary N) is 1. The van der Waals surface area contributed by atoms with E-state index in [-0.39, 0.29) is 17.0 Å². The lowest BCUT2D eigenvalue weighted by Crippen LogP contribution is -2.59. The molecule has 0 amide bonds. The molecule has 2 aliphatic rings. The molecule has 92 valence electrons. The number of hydrogen-bond donors (Lipinski definition) is 2. The Morgan fingerprint density at radius 1 is 1.50 bits per heavy atom. The van der Waals surface area contributed by atoms with Gasteiger partial charge < -0.3 is 5.11 Å². The van der Waals surface area contributed by atoms with Crippen LogP contribution in [0.5, 0.6) is 0 Å². The summed E-state index contributed by atoms with van der Waals surface area (Å²) in [5.74, 6) is 0.0743. The van der Waals surface area contributed by atoms with Crippen LogP contribution in [0.4, 0.5) is 0 Å². The van der Waals surface area contributed by atoms with Gasteiger partial charge >= 0.3 is 5.97 Å². The van der Waals surface area contributed by atoms with Gasteiger partial charge in [-0.2, -0.15) is 0 Å². The Bertz CT molecular complexity index is 308. The highest BCUT2D eigenvalue weighted by Gasteiger charge is 2.41. The van der Waals surface area contributed by atoms with Crippen LogP contribution >= 0.6 is 0 Å². The first-order valence-corrected chi connectivity index (χ1v) is 7.36. The van der Waals surface area contributed by atoms with Crippen molar-refractivity contribution in [3.63, 3.8) is 0 Å². The maximum atomic E-state index is 12.0. The van der Waals surface area contributed by atoms with Crippen LogP contribution in [0.25, 0.3) is 0 Å². The van der Waals surface area contributed by atoms with Gasteiger partial charge in [-0.1, -0.05) is 13.3 Å². The molecule has 0 spiro atoms. The van der Waals surface area contributed by atoms with Crippen LogP contribution in [-0.4, -0.2) is 38.4 Å². The quantitative estimate of drug-likeness (QED) is 0.753. The van der Waals surface area contributed by atoms with Gasteiger partial charge in [-0.25, -0.2) is 0 Å². The van der Waals surface area contributed by atoms with Crippen LogP contribution in [0.15, 0.2) is 0 Å². The second-order valence-corrected chi connectivity index (χ2v) is 6.54. The van der Waals surface area contributed by atoms with Gasteiger partial charge in [0.05, 0.1) is 5.25 Å². The summed E-state index contributed by atoms with van der Waals surface area (Å²) >= 11 is 0. The number of hydrogen-bond acceptors (Lipinski definition) is 3. The van der Waals surface area contributed by atoms with Crippen LogP contribution in [0.3, 0.4) is 0 Å². The van der Waals surface area contributed by atoms with Crippen LogP contribution in [0.1, 0.15) is 32.6 Å². The van der Waals surface area contributed by atoms with Gasteiger partial charge in [0, 0.05) is 22.6 Å². The largest absolute Gasteiger partial charge is 0.480 e. The monoisotopic (exact) mass is 245 g/mol. The fraction of sp³-hybridized carbons (Fsp3) is 0.909. The van der Waals surface area contributed by atoms with E-state index in [4.69, 9.17) is 5.11 Å². The third-order valence-corrected chi connectivity index (χ3v) is 5.72. The van der Waals surface area contributed by atoms with Crippen molar-refractivity contribution in [3.05, 3.63) is 0 Å². The maximum absolute atomic E-state index is 12.0. The molecule has 2 fully saturated rings. The Kier molecular flexibility index (Phi) is 3.64. The standard InChI is InChI=1S/C11H19NO3S/c1-2-7-3-4-8-10(5-7)16(15)6-9(12-8)11(13)14/h7-10,12H,2-6H2,1H3,(H,13,14). The highest BCUT2D eigenvalue weighted by atomic mass is 32.2. The Morgan fingerprint density at radius 2 is 2.25 bits per heavy atom. The number of carbonyl (C=O) groups is 1. The highest BCUT2D eigenvalue weighted by molar-refractivity contribution is 7.85. The fourth-order valence-electron chi connectivity index (χ4n) is 2.80. The Balaban J connectivity index is 2.04. The summed E-state index contributed by atoms with van der Waals surface area (Å²) in [6.45, 7) is 2.17. The number of rotatable bonds is 2. The molecule has 0 aromatic carbocycles. The lowest BCUT2D eigenvalue weighted by molar-refractivity contribution is -0.139. The summed E-state index contributed by atoms with van der Waals surface area (Å²) in [5, 5.41) is 12.3. The highest BCUT2D eigenvalue weighted by Crippen LogP contribution is 2.32. The van der Waals surface area contributed by atoms with Gasteiger partial charge in [0.15, 0.2) is 0 Å². The first-order valence-electron chi connectivity index (χ1n) is 5.97. The molecule has 0 bridgehead atoms. The van der Waals surface area contributed by atoms with Gasteiger partial charge in [0.25, 0.3) is 0 Å². The molecule has 5 heteroatoms. The average molecular weight is 245 g/mol. The van der Waals surface area contributed by atoms with Gasteiger partial charge in [0.1, 0.15) is 6.04 Å². The minimum Gasteiger partial charge on any atom is -0.480 e. The molecule has 2 N–H and O–H groups in total. The van der Waals surface area contributed by atoms with E-state index in [1.165, 1.54) is 0 Å². The molecule has 1 heterocycles. The molecule has 0 radical (unpaired) electrons. The summed E-state index contributed by atoms with van der Waals surface area (Å²) in [4.78, 5) is 10.9. The first kappa shape index (κ1) is 12.0. The number of carboxylic acid groups (broad SMARTS) is 1. The van der Waals surface area contributed by atoms with E-state index < -0.39 is 22.8 Å². The predicted octanol–water partition coefficient (Wildman–Crippen LogP) is 0.739. The Morgan fingerprint density at radius 3 is 2.88 bits per heavy atom. The smallest absolute Gasteiger partial charge is 0.321 e. The normalized spacial score (nSPS) is 43.7. The summed E-state index contributed by atoms with van der Waals surface area (Å²) in [6, 6.07) is -0.459. The second-order valence-electron chi connectivity index (χ2n) is 4.84. The van der Waals surface area contributed by atoms with Crippen LogP contribution in [0.2, 0.25) is 0 Å². The number of aliphatic carboxylic acids is 1. The maximum Gasteiger partial charge on any atom is 0.321 e. The van der Waals surface area contributed by atoms with Crippen molar-refractivity contribution in [2.75, 3.05) is 5.75 Å². The average Bonchev–Trinajstić information content (AvgIpc) is 2.28. The van der Waals surface area contributed by atoms with Gasteiger partial charge in [-0.3, -0.25) is 14.3 Å². The topological polar surface area (TPSA) is 66.4 Å². The molecular formula is C11H19NO3S. The Hall–Kier alpha value is -0.420.